The maximum Gasteiger partial charge on any atom is 0.227 e. The number of hydrogen-bond donors (Lipinski definition) is 2. The fourth-order valence-corrected chi connectivity index (χ4v) is 4.74. The standard InChI is InChI=1S/C20H24N2O3S/c21-17-8-5-7-16(13-17)20(23)22-18-9-4-6-15(12-18)14-26(24,25)19-10-2-1-3-11-19/h1-4,6,9-12,16-17H,5,7-8,13-14,21H2,(H,22,23). The van der Waals surface area contributed by atoms with Crippen LogP contribution in [0.2, 0.25) is 0 Å². The Hall–Kier alpha value is -2.18. The summed E-state index contributed by atoms with van der Waals surface area (Å²) in [7, 11) is -3.42. The van der Waals surface area contributed by atoms with Crippen LogP contribution in [0.4, 0.5) is 5.69 Å². The molecule has 138 valence electrons. The third-order valence-corrected chi connectivity index (χ3v) is 6.44. The summed E-state index contributed by atoms with van der Waals surface area (Å²) >= 11 is 0. The Labute approximate surface area is 154 Å². The van der Waals surface area contributed by atoms with Crippen LogP contribution in [0.1, 0.15) is 31.2 Å². The van der Waals surface area contributed by atoms with Gasteiger partial charge in [-0.25, -0.2) is 8.42 Å². The van der Waals surface area contributed by atoms with E-state index in [2.05, 4.69) is 5.32 Å². The average Bonchev–Trinajstić information content (AvgIpc) is 2.62. The second kappa shape index (κ2) is 8.01. The summed E-state index contributed by atoms with van der Waals surface area (Å²) in [5, 5.41) is 2.91. The fourth-order valence-electron chi connectivity index (χ4n) is 3.38. The lowest BCUT2D eigenvalue weighted by atomic mass is 9.85. The molecule has 0 aromatic heterocycles. The number of nitrogens with one attached hydrogen (secondary N) is 1. The minimum Gasteiger partial charge on any atom is -0.328 e. The van der Waals surface area contributed by atoms with Crippen molar-refractivity contribution in [3.8, 4) is 0 Å². The first kappa shape index (κ1) is 18.6. The summed E-state index contributed by atoms with van der Waals surface area (Å²) in [6, 6.07) is 15.5. The van der Waals surface area contributed by atoms with E-state index in [1.807, 2.05) is 0 Å². The number of nitrogens with two attached hydrogens (primary N) is 1. The van der Waals surface area contributed by atoms with Gasteiger partial charge in [0.2, 0.25) is 5.91 Å². The van der Waals surface area contributed by atoms with Crippen LogP contribution < -0.4 is 11.1 Å². The third-order valence-electron chi connectivity index (χ3n) is 4.74. The van der Waals surface area contributed by atoms with Crippen molar-refractivity contribution in [1.29, 1.82) is 0 Å². The molecule has 2 atom stereocenters. The van der Waals surface area contributed by atoms with Gasteiger partial charge in [0.05, 0.1) is 10.6 Å². The van der Waals surface area contributed by atoms with Gasteiger partial charge in [-0.05, 0) is 49.1 Å². The number of benzene rings is 2. The molecule has 0 spiro atoms. The Kier molecular flexibility index (Phi) is 5.74. The Balaban J connectivity index is 1.69. The van der Waals surface area contributed by atoms with Crippen LogP contribution in [0.5, 0.6) is 0 Å². The van der Waals surface area contributed by atoms with Gasteiger partial charge in [-0.1, -0.05) is 36.8 Å². The number of carbonyl (C=O) groups is 1. The lowest BCUT2D eigenvalue weighted by Crippen LogP contribution is -2.34. The van der Waals surface area contributed by atoms with Gasteiger partial charge >= 0.3 is 0 Å². The van der Waals surface area contributed by atoms with E-state index in [1.165, 1.54) is 0 Å². The predicted octanol–water partition coefficient (Wildman–Crippen LogP) is 3.12. The number of sulfone groups is 1. The second-order valence-corrected chi connectivity index (χ2v) is 8.87. The molecule has 6 heteroatoms. The van der Waals surface area contributed by atoms with Crippen molar-refractivity contribution in [2.45, 2.75) is 42.4 Å². The minimum atomic E-state index is -3.42. The van der Waals surface area contributed by atoms with Crippen LogP contribution in [0.3, 0.4) is 0 Å². The number of amides is 1. The van der Waals surface area contributed by atoms with Crippen molar-refractivity contribution < 1.29 is 13.2 Å². The number of hydrogen-bond acceptors (Lipinski definition) is 4. The van der Waals surface area contributed by atoms with E-state index in [4.69, 9.17) is 5.73 Å². The van der Waals surface area contributed by atoms with Crippen molar-refractivity contribution in [1.82, 2.24) is 0 Å². The van der Waals surface area contributed by atoms with Gasteiger partial charge < -0.3 is 11.1 Å². The van der Waals surface area contributed by atoms with E-state index >= 15 is 0 Å². The van der Waals surface area contributed by atoms with Gasteiger partial charge in [-0.2, -0.15) is 0 Å². The van der Waals surface area contributed by atoms with Crippen LogP contribution in [-0.2, 0) is 20.4 Å². The molecule has 26 heavy (non-hydrogen) atoms. The van der Waals surface area contributed by atoms with E-state index in [0.717, 1.165) is 19.3 Å². The molecule has 0 aliphatic heterocycles. The minimum absolute atomic E-state index is 0.0387. The number of carbonyl (C=O) groups excluding carboxylic acids is 1. The first-order chi connectivity index (χ1) is 12.4. The summed E-state index contributed by atoms with van der Waals surface area (Å²) < 4.78 is 25.0. The van der Waals surface area contributed by atoms with Crippen molar-refractivity contribution in [2.24, 2.45) is 11.7 Å². The van der Waals surface area contributed by atoms with E-state index in [-0.39, 0.29) is 23.6 Å². The van der Waals surface area contributed by atoms with E-state index < -0.39 is 9.84 Å². The summed E-state index contributed by atoms with van der Waals surface area (Å²) in [6.07, 6.45) is 3.49. The normalized spacial score (nSPS) is 20.5. The summed E-state index contributed by atoms with van der Waals surface area (Å²) in [4.78, 5) is 12.7. The van der Waals surface area contributed by atoms with E-state index in [1.54, 1.807) is 54.6 Å². The van der Waals surface area contributed by atoms with Gasteiger partial charge in [0.1, 0.15) is 0 Å². The number of rotatable bonds is 5. The van der Waals surface area contributed by atoms with Gasteiger partial charge in [0, 0.05) is 17.6 Å². The topological polar surface area (TPSA) is 89.3 Å². The Morgan fingerprint density at radius 1 is 1.08 bits per heavy atom. The molecule has 2 unspecified atom stereocenters. The van der Waals surface area contributed by atoms with Crippen LogP contribution >= 0.6 is 0 Å². The van der Waals surface area contributed by atoms with Crippen LogP contribution in [0, 0.1) is 5.92 Å². The predicted molar refractivity (Wildman–Crippen MR) is 102 cm³/mol. The largest absolute Gasteiger partial charge is 0.328 e. The van der Waals surface area contributed by atoms with Gasteiger partial charge in [-0.3, -0.25) is 4.79 Å². The smallest absolute Gasteiger partial charge is 0.227 e. The molecule has 2 aromatic carbocycles. The molecule has 1 aliphatic rings. The second-order valence-electron chi connectivity index (χ2n) is 6.89. The monoisotopic (exact) mass is 372 g/mol. The third kappa shape index (κ3) is 4.71. The van der Waals surface area contributed by atoms with Crippen LogP contribution in [0.15, 0.2) is 59.5 Å². The maximum absolute atomic E-state index is 12.5. The highest BCUT2D eigenvalue weighted by Gasteiger charge is 2.25. The average molecular weight is 372 g/mol. The molecule has 2 aromatic rings. The van der Waals surface area contributed by atoms with Crippen molar-refractivity contribution in [2.75, 3.05) is 5.32 Å². The Bertz CT molecular complexity index is 866. The molecule has 1 amide bonds. The van der Waals surface area contributed by atoms with Gasteiger partial charge in [0.15, 0.2) is 9.84 Å². The highest BCUT2D eigenvalue weighted by atomic mass is 32.2. The Morgan fingerprint density at radius 2 is 1.85 bits per heavy atom. The van der Waals surface area contributed by atoms with Crippen molar-refractivity contribution >= 4 is 21.4 Å². The molecule has 0 bridgehead atoms. The fraction of sp³-hybridized carbons (Fsp3) is 0.350. The SMILES string of the molecule is NC1CCCC(C(=O)Nc2cccc(CS(=O)(=O)c3ccccc3)c2)C1. The zero-order valence-corrected chi connectivity index (χ0v) is 15.4. The molecule has 0 saturated heterocycles. The van der Waals surface area contributed by atoms with Gasteiger partial charge in [-0.15, -0.1) is 0 Å². The lowest BCUT2D eigenvalue weighted by Gasteiger charge is -2.25. The van der Waals surface area contributed by atoms with Crippen molar-refractivity contribution in [3.05, 3.63) is 60.2 Å². The van der Waals surface area contributed by atoms with Gasteiger partial charge in [0.25, 0.3) is 0 Å². The molecule has 0 radical (unpaired) electrons. The zero-order chi connectivity index (χ0) is 18.6. The summed E-state index contributed by atoms with van der Waals surface area (Å²) in [5.41, 5.74) is 7.22. The van der Waals surface area contributed by atoms with Crippen LogP contribution in [-0.4, -0.2) is 20.4 Å². The Morgan fingerprint density at radius 3 is 2.58 bits per heavy atom. The first-order valence-corrected chi connectivity index (χ1v) is 10.5. The maximum atomic E-state index is 12.5. The molecule has 3 N–H and O–H groups in total. The molecular formula is C20H24N2O3S. The molecule has 0 heterocycles. The van der Waals surface area contributed by atoms with E-state index in [0.29, 0.717) is 22.6 Å². The summed E-state index contributed by atoms with van der Waals surface area (Å²) in [5.74, 6) is -0.214. The quantitative estimate of drug-likeness (QED) is 0.844. The molecule has 5 nitrogen and oxygen atoms in total. The number of anilines is 1. The van der Waals surface area contributed by atoms with Crippen LogP contribution in [0.25, 0.3) is 0 Å². The van der Waals surface area contributed by atoms with E-state index in [9.17, 15) is 13.2 Å². The lowest BCUT2D eigenvalue weighted by molar-refractivity contribution is -0.120. The first-order valence-electron chi connectivity index (χ1n) is 8.87. The summed E-state index contributed by atoms with van der Waals surface area (Å²) in [6.45, 7) is 0. The van der Waals surface area contributed by atoms with Crippen molar-refractivity contribution in [3.63, 3.8) is 0 Å². The molecule has 1 saturated carbocycles. The molecule has 3 rings (SSSR count). The highest BCUT2D eigenvalue weighted by molar-refractivity contribution is 7.90. The zero-order valence-electron chi connectivity index (χ0n) is 14.6. The highest BCUT2D eigenvalue weighted by Crippen LogP contribution is 2.25. The molecule has 1 fully saturated rings. The molecule has 1 aliphatic carbocycles. The molecular weight excluding hydrogens is 348 g/mol.